The molecule has 2 aliphatic heterocycles. The van der Waals surface area contributed by atoms with Crippen molar-refractivity contribution in [3.05, 3.63) is 76.6 Å². The molecule has 0 unspecified atom stereocenters. The second-order valence-electron chi connectivity index (χ2n) is 9.23. The van der Waals surface area contributed by atoms with Crippen LogP contribution < -0.4 is 25.0 Å². The van der Waals surface area contributed by atoms with Crippen LogP contribution in [0.15, 0.2) is 54.6 Å². The van der Waals surface area contributed by atoms with Gasteiger partial charge in [0.25, 0.3) is 5.91 Å². The maximum Gasteiger partial charge on any atom is 0.258 e. The van der Waals surface area contributed by atoms with Crippen LogP contribution in [0.3, 0.4) is 0 Å². The fourth-order valence-corrected chi connectivity index (χ4v) is 4.56. The Hall–Kier alpha value is -4.08. The number of carbonyl (C=O) groups is 2. The molecule has 2 N–H and O–H groups in total. The molecule has 0 bridgehead atoms. The van der Waals surface area contributed by atoms with Crippen molar-refractivity contribution in [2.75, 3.05) is 56.4 Å². The topological polar surface area (TPSA) is 83.1 Å². The smallest absolute Gasteiger partial charge is 0.258 e. The van der Waals surface area contributed by atoms with Crippen LogP contribution in [0.1, 0.15) is 11.1 Å². The summed E-state index contributed by atoms with van der Waals surface area (Å²) in [7, 11) is 5.07. The van der Waals surface area contributed by atoms with Crippen molar-refractivity contribution in [1.82, 2.24) is 4.90 Å². The van der Waals surface area contributed by atoms with Gasteiger partial charge in [0.1, 0.15) is 19.0 Å². The second-order valence-corrected chi connectivity index (χ2v) is 9.67. The number of rotatable bonds is 6. The molecule has 0 atom stereocenters. The monoisotopic (exact) mass is 536 g/mol. The summed E-state index contributed by atoms with van der Waals surface area (Å²) in [5, 5.41) is 6.58. The third kappa shape index (κ3) is 5.03. The largest absolute Gasteiger partial charge is 0.486 e. The number of halogens is 2. The Labute approximate surface area is 224 Å². The average Bonchev–Trinajstić information content (AvgIpc) is 3.20. The highest BCUT2D eigenvalue weighted by Crippen LogP contribution is 2.41. The molecule has 10 heteroatoms. The molecule has 0 saturated heterocycles. The number of likely N-dealkylation sites (N-methyl/N-ethyl adjacent to an activating group) is 2. The fraction of sp³-hybridized carbons (Fsp3) is 0.214. The van der Waals surface area contributed by atoms with Gasteiger partial charge in [-0.05, 0) is 62.6 Å². The molecule has 2 amide bonds. The molecule has 8 nitrogen and oxygen atoms in total. The highest BCUT2D eigenvalue weighted by atomic mass is 35.5. The number of amides is 2. The lowest BCUT2D eigenvalue weighted by Crippen LogP contribution is -2.35. The first kappa shape index (κ1) is 25.6. The van der Waals surface area contributed by atoms with Gasteiger partial charge in [-0.25, -0.2) is 4.39 Å². The molecule has 2 heterocycles. The van der Waals surface area contributed by atoms with Gasteiger partial charge in [0.05, 0.1) is 29.2 Å². The molecular weight excluding hydrogens is 511 g/mol. The second kappa shape index (κ2) is 10.4. The van der Waals surface area contributed by atoms with Crippen molar-refractivity contribution in [3.63, 3.8) is 0 Å². The van der Waals surface area contributed by atoms with E-state index in [2.05, 4.69) is 10.6 Å². The third-order valence-corrected chi connectivity index (χ3v) is 6.45. The molecule has 0 fully saturated rings. The van der Waals surface area contributed by atoms with E-state index in [9.17, 15) is 9.59 Å². The van der Waals surface area contributed by atoms with E-state index in [1.54, 1.807) is 55.4 Å². The van der Waals surface area contributed by atoms with Gasteiger partial charge in [-0.1, -0.05) is 17.7 Å². The van der Waals surface area contributed by atoms with E-state index >= 15 is 4.39 Å². The molecule has 2 aliphatic rings. The van der Waals surface area contributed by atoms with Crippen LogP contribution >= 0.6 is 11.6 Å². The van der Waals surface area contributed by atoms with Crippen molar-refractivity contribution >= 4 is 51.7 Å². The number of benzene rings is 3. The van der Waals surface area contributed by atoms with E-state index in [1.807, 2.05) is 6.07 Å². The Bertz CT molecular complexity index is 1470. The highest BCUT2D eigenvalue weighted by Gasteiger charge is 2.29. The predicted molar refractivity (Wildman–Crippen MR) is 146 cm³/mol. The van der Waals surface area contributed by atoms with Crippen LogP contribution in [0.25, 0.3) is 11.3 Å². The molecule has 0 spiro atoms. The zero-order valence-corrected chi connectivity index (χ0v) is 21.9. The summed E-state index contributed by atoms with van der Waals surface area (Å²) in [5.41, 5.74) is 3.24. The molecule has 0 radical (unpaired) electrons. The van der Waals surface area contributed by atoms with Gasteiger partial charge in [-0.15, -0.1) is 0 Å². The van der Waals surface area contributed by atoms with Gasteiger partial charge in [0, 0.05) is 28.9 Å². The highest BCUT2D eigenvalue weighted by molar-refractivity contribution is 6.38. The van der Waals surface area contributed by atoms with E-state index in [-0.39, 0.29) is 24.0 Å². The lowest BCUT2D eigenvalue weighted by molar-refractivity contribution is -0.119. The van der Waals surface area contributed by atoms with E-state index < -0.39 is 5.82 Å². The fourth-order valence-electron chi connectivity index (χ4n) is 4.38. The first-order chi connectivity index (χ1) is 18.2. The number of fused-ring (bicyclic) bond motifs is 2. The van der Waals surface area contributed by atoms with E-state index in [0.29, 0.717) is 63.5 Å². The molecular formula is C28H26ClFN4O4. The summed E-state index contributed by atoms with van der Waals surface area (Å²) in [6.45, 7) is 1.01. The first-order valence-corrected chi connectivity index (χ1v) is 12.3. The lowest BCUT2D eigenvalue weighted by atomic mass is 9.99. The zero-order valence-electron chi connectivity index (χ0n) is 21.1. The van der Waals surface area contributed by atoms with Crippen LogP contribution in [-0.2, 0) is 9.59 Å². The summed E-state index contributed by atoms with van der Waals surface area (Å²) in [5.74, 6) is -0.00397. The third-order valence-electron chi connectivity index (χ3n) is 6.21. The van der Waals surface area contributed by atoms with Crippen molar-refractivity contribution in [2.24, 2.45) is 0 Å². The van der Waals surface area contributed by atoms with Crippen molar-refractivity contribution in [1.29, 1.82) is 0 Å². The summed E-state index contributed by atoms with van der Waals surface area (Å²) < 4.78 is 26.6. The summed E-state index contributed by atoms with van der Waals surface area (Å²) in [6.07, 6.45) is 0. The maximum absolute atomic E-state index is 15.2. The molecule has 0 aliphatic carbocycles. The van der Waals surface area contributed by atoms with Crippen LogP contribution in [0, 0.1) is 5.82 Å². The molecule has 3 aromatic rings. The van der Waals surface area contributed by atoms with Crippen molar-refractivity contribution in [3.8, 4) is 11.5 Å². The summed E-state index contributed by atoms with van der Waals surface area (Å²) >= 11 is 6.15. The van der Waals surface area contributed by atoms with Crippen LogP contribution in [0.5, 0.6) is 11.5 Å². The van der Waals surface area contributed by atoms with Crippen LogP contribution in [0.4, 0.5) is 21.5 Å². The van der Waals surface area contributed by atoms with E-state index in [0.717, 1.165) is 0 Å². The Morgan fingerprint density at radius 1 is 1.03 bits per heavy atom. The van der Waals surface area contributed by atoms with Crippen molar-refractivity contribution in [2.45, 2.75) is 0 Å². The minimum absolute atomic E-state index is 0.148. The number of nitrogens with one attached hydrogen (secondary N) is 2. The van der Waals surface area contributed by atoms with Gasteiger partial charge >= 0.3 is 0 Å². The SMILES string of the molecule is CN(C)CC(=O)N(C)c1ccc(NC(=C2C(=O)Nc3cc(Cl)ccc32)c2ccc3c(c2)OCCO3)cc1F. The number of anilines is 3. The van der Waals surface area contributed by atoms with Gasteiger partial charge in [0.15, 0.2) is 11.5 Å². The Morgan fingerprint density at radius 3 is 2.53 bits per heavy atom. The van der Waals surface area contributed by atoms with Crippen molar-refractivity contribution < 1.29 is 23.5 Å². The standard InChI is InChI=1S/C28H26ClFN4O4/c1-33(2)15-25(35)34(3)22-8-6-18(14-20(22)30)31-27(16-4-9-23-24(12-16)38-11-10-37-23)26-19-7-5-17(29)13-21(19)32-28(26)36/h4-9,12-14,31H,10-11,15H2,1-3H3,(H,32,36). The Balaban J connectivity index is 1.57. The van der Waals surface area contributed by atoms with Crippen LogP contribution in [0.2, 0.25) is 5.02 Å². The quantitative estimate of drug-likeness (QED) is 0.444. The Kier molecular flexibility index (Phi) is 6.96. The van der Waals surface area contributed by atoms with E-state index in [1.165, 1.54) is 24.1 Å². The van der Waals surface area contributed by atoms with E-state index in [4.69, 9.17) is 21.1 Å². The van der Waals surface area contributed by atoms with Gasteiger partial charge in [-0.2, -0.15) is 0 Å². The average molecular weight is 537 g/mol. The number of carbonyl (C=O) groups excluding carboxylic acids is 2. The lowest BCUT2D eigenvalue weighted by Gasteiger charge is -2.22. The van der Waals surface area contributed by atoms with Gasteiger partial charge < -0.3 is 29.9 Å². The number of ether oxygens (including phenoxy) is 2. The van der Waals surface area contributed by atoms with Crippen LogP contribution in [-0.4, -0.2) is 57.6 Å². The summed E-state index contributed by atoms with van der Waals surface area (Å²) in [4.78, 5) is 28.6. The zero-order chi connectivity index (χ0) is 27.0. The molecule has 0 aromatic heterocycles. The minimum atomic E-state index is -0.584. The Morgan fingerprint density at radius 2 is 1.79 bits per heavy atom. The number of hydrogen-bond acceptors (Lipinski definition) is 6. The molecule has 196 valence electrons. The molecule has 0 saturated carbocycles. The first-order valence-electron chi connectivity index (χ1n) is 11.9. The summed E-state index contributed by atoms with van der Waals surface area (Å²) in [6, 6.07) is 15.0. The molecule has 38 heavy (non-hydrogen) atoms. The molecule has 5 rings (SSSR count). The number of nitrogens with zero attached hydrogens (tertiary/aromatic N) is 2. The minimum Gasteiger partial charge on any atom is -0.486 e. The van der Waals surface area contributed by atoms with Gasteiger partial charge in [-0.3, -0.25) is 9.59 Å². The normalized spacial score (nSPS) is 15.2. The number of hydrogen-bond donors (Lipinski definition) is 2. The predicted octanol–water partition coefficient (Wildman–Crippen LogP) is 4.71. The maximum atomic E-state index is 15.2. The molecule has 3 aromatic carbocycles. The van der Waals surface area contributed by atoms with Gasteiger partial charge in [0.2, 0.25) is 5.91 Å².